The van der Waals surface area contributed by atoms with Crippen LogP contribution in [0.5, 0.6) is 0 Å². The number of methoxy groups -OCH3 is 1. The number of hydrogen-bond donors (Lipinski definition) is 1. The molecule has 1 aliphatic carbocycles. The fraction of sp³-hybridized carbons (Fsp3) is 1.00. The second-order valence-electron chi connectivity index (χ2n) is 6.17. The van der Waals surface area contributed by atoms with Gasteiger partial charge in [0.1, 0.15) is 0 Å². The summed E-state index contributed by atoms with van der Waals surface area (Å²) in [4.78, 5) is 2.65. The average Bonchev–Trinajstić information content (AvgIpc) is 2.90. The minimum Gasteiger partial charge on any atom is -0.384 e. The van der Waals surface area contributed by atoms with Crippen molar-refractivity contribution in [2.45, 2.75) is 57.5 Å². The Hall–Kier alpha value is -0.120. The molecule has 1 saturated heterocycles. The summed E-state index contributed by atoms with van der Waals surface area (Å²) in [5.74, 6) is 0.793. The molecule has 0 radical (unpaired) electrons. The predicted octanol–water partition coefficient (Wildman–Crippen LogP) is 2.27. The van der Waals surface area contributed by atoms with Gasteiger partial charge in [-0.05, 0) is 51.6 Å². The Morgan fingerprint density at radius 2 is 1.83 bits per heavy atom. The molecule has 0 aromatic carbocycles. The highest BCUT2D eigenvalue weighted by atomic mass is 16.5. The molecule has 3 nitrogen and oxygen atoms in total. The second-order valence-corrected chi connectivity index (χ2v) is 6.17. The number of ether oxygens (including phenoxy) is 1. The van der Waals surface area contributed by atoms with Crippen LogP contribution in [0.1, 0.15) is 45.4 Å². The molecule has 106 valence electrons. The maximum absolute atomic E-state index is 5.26. The van der Waals surface area contributed by atoms with Gasteiger partial charge in [-0.1, -0.05) is 12.8 Å². The quantitative estimate of drug-likeness (QED) is 0.787. The van der Waals surface area contributed by atoms with E-state index in [-0.39, 0.29) is 0 Å². The van der Waals surface area contributed by atoms with Gasteiger partial charge in [0, 0.05) is 32.3 Å². The van der Waals surface area contributed by atoms with E-state index in [1.807, 2.05) is 7.11 Å². The van der Waals surface area contributed by atoms with E-state index in [1.54, 1.807) is 0 Å². The number of nitrogens with one attached hydrogen (secondary N) is 1. The molecule has 1 heterocycles. The van der Waals surface area contributed by atoms with E-state index in [2.05, 4.69) is 17.1 Å². The fourth-order valence-corrected chi connectivity index (χ4v) is 3.39. The molecular weight excluding hydrogens is 224 g/mol. The van der Waals surface area contributed by atoms with E-state index in [1.165, 1.54) is 58.2 Å². The first-order valence-corrected chi connectivity index (χ1v) is 7.76. The molecule has 0 aromatic rings. The van der Waals surface area contributed by atoms with Crippen molar-refractivity contribution in [3.63, 3.8) is 0 Å². The summed E-state index contributed by atoms with van der Waals surface area (Å²) in [6.45, 7) is 6.99. The molecule has 1 atom stereocenters. The lowest BCUT2D eigenvalue weighted by Crippen LogP contribution is -2.46. The molecule has 18 heavy (non-hydrogen) atoms. The van der Waals surface area contributed by atoms with Crippen LogP contribution in [0.15, 0.2) is 0 Å². The third kappa shape index (κ3) is 4.22. The smallest absolute Gasteiger partial charge is 0.0491 e. The van der Waals surface area contributed by atoms with Gasteiger partial charge in [0.05, 0.1) is 0 Å². The maximum Gasteiger partial charge on any atom is 0.0491 e. The van der Waals surface area contributed by atoms with Crippen LogP contribution in [0.2, 0.25) is 0 Å². The molecule has 1 N–H and O–H groups in total. The summed E-state index contributed by atoms with van der Waals surface area (Å²) < 4.78 is 5.26. The van der Waals surface area contributed by atoms with E-state index in [0.717, 1.165) is 18.6 Å². The summed E-state index contributed by atoms with van der Waals surface area (Å²) in [5.41, 5.74) is 0. The molecule has 0 aromatic heterocycles. The Kier molecular flexibility index (Phi) is 5.93. The van der Waals surface area contributed by atoms with Crippen LogP contribution in [0.3, 0.4) is 0 Å². The van der Waals surface area contributed by atoms with Gasteiger partial charge >= 0.3 is 0 Å². The van der Waals surface area contributed by atoms with Crippen molar-refractivity contribution >= 4 is 0 Å². The van der Waals surface area contributed by atoms with Gasteiger partial charge in [0.15, 0.2) is 0 Å². The van der Waals surface area contributed by atoms with Gasteiger partial charge in [-0.25, -0.2) is 0 Å². The van der Waals surface area contributed by atoms with Gasteiger partial charge < -0.3 is 10.1 Å². The first-order valence-electron chi connectivity index (χ1n) is 7.76. The van der Waals surface area contributed by atoms with Crippen molar-refractivity contribution < 1.29 is 4.74 Å². The van der Waals surface area contributed by atoms with E-state index in [9.17, 15) is 0 Å². The zero-order chi connectivity index (χ0) is 12.8. The van der Waals surface area contributed by atoms with Crippen LogP contribution < -0.4 is 5.32 Å². The molecule has 1 aliphatic heterocycles. The third-order valence-electron chi connectivity index (χ3n) is 4.73. The van der Waals surface area contributed by atoms with Gasteiger partial charge in [0.2, 0.25) is 0 Å². The van der Waals surface area contributed by atoms with Gasteiger partial charge in [-0.3, -0.25) is 4.90 Å². The standard InChI is InChI=1S/C15H30N2O/c1-13(11-16-15-5-3-4-6-15)17-9-7-14(8-10-17)12-18-2/h13-16H,3-12H2,1-2H3. The van der Waals surface area contributed by atoms with Crippen LogP contribution >= 0.6 is 0 Å². The van der Waals surface area contributed by atoms with Crippen LogP contribution in [0, 0.1) is 5.92 Å². The lowest BCUT2D eigenvalue weighted by Gasteiger charge is -2.36. The van der Waals surface area contributed by atoms with Crippen LogP contribution in [0.4, 0.5) is 0 Å². The number of likely N-dealkylation sites (tertiary alicyclic amines) is 1. The zero-order valence-corrected chi connectivity index (χ0v) is 12.2. The Bertz CT molecular complexity index is 221. The van der Waals surface area contributed by atoms with Gasteiger partial charge in [-0.15, -0.1) is 0 Å². The minimum atomic E-state index is 0.689. The van der Waals surface area contributed by atoms with E-state index >= 15 is 0 Å². The van der Waals surface area contributed by atoms with Crippen molar-refractivity contribution in [3.8, 4) is 0 Å². The lowest BCUT2D eigenvalue weighted by atomic mass is 9.97. The molecule has 0 spiro atoms. The normalized spacial score (nSPS) is 25.7. The van der Waals surface area contributed by atoms with Crippen molar-refractivity contribution in [1.82, 2.24) is 10.2 Å². The number of nitrogens with zero attached hydrogens (tertiary/aromatic N) is 1. The number of hydrogen-bond acceptors (Lipinski definition) is 3. The Morgan fingerprint density at radius 1 is 1.17 bits per heavy atom. The molecule has 0 bridgehead atoms. The number of rotatable bonds is 6. The van der Waals surface area contributed by atoms with E-state index in [4.69, 9.17) is 4.74 Å². The third-order valence-corrected chi connectivity index (χ3v) is 4.73. The van der Waals surface area contributed by atoms with Crippen molar-refractivity contribution in [3.05, 3.63) is 0 Å². The highest BCUT2D eigenvalue weighted by Gasteiger charge is 2.23. The topological polar surface area (TPSA) is 24.5 Å². The van der Waals surface area contributed by atoms with Crippen LogP contribution in [-0.2, 0) is 4.74 Å². The highest BCUT2D eigenvalue weighted by molar-refractivity contribution is 4.80. The van der Waals surface area contributed by atoms with Crippen molar-refractivity contribution in [1.29, 1.82) is 0 Å². The molecule has 2 aliphatic rings. The molecule has 3 heteroatoms. The van der Waals surface area contributed by atoms with E-state index < -0.39 is 0 Å². The predicted molar refractivity (Wildman–Crippen MR) is 75.9 cm³/mol. The zero-order valence-electron chi connectivity index (χ0n) is 12.2. The Balaban J connectivity index is 1.62. The first kappa shape index (κ1) is 14.3. The van der Waals surface area contributed by atoms with Crippen LogP contribution in [-0.4, -0.2) is 50.3 Å². The molecule has 1 unspecified atom stereocenters. The lowest BCUT2D eigenvalue weighted by molar-refractivity contribution is 0.0825. The Labute approximate surface area is 112 Å². The second kappa shape index (κ2) is 7.46. The van der Waals surface area contributed by atoms with Gasteiger partial charge in [-0.2, -0.15) is 0 Å². The molecule has 2 rings (SSSR count). The van der Waals surface area contributed by atoms with E-state index in [0.29, 0.717) is 6.04 Å². The number of piperidine rings is 1. The van der Waals surface area contributed by atoms with Gasteiger partial charge in [0.25, 0.3) is 0 Å². The summed E-state index contributed by atoms with van der Waals surface area (Å²) in [5, 5.41) is 3.75. The summed E-state index contributed by atoms with van der Waals surface area (Å²) in [7, 11) is 1.82. The molecule has 2 fully saturated rings. The highest BCUT2D eigenvalue weighted by Crippen LogP contribution is 2.20. The molecular formula is C15H30N2O. The van der Waals surface area contributed by atoms with Crippen molar-refractivity contribution in [2.75, 3.05) is 33.4 Å². The summed E-state index contributed by atoms with van der Waals surface area (Å²) in [6, 6.07) is 1.49. The maximum atomic E-state index is 5.26. The largest absolute Gasteiger partial charge is 0.384 e. The average molecular weight is 254 g/mol. The summed E-state index contributed by atoms with van der Waals surface area (Å²) >= 11 is 0. The monoisotopic (exact) mass is 254 g/mol. The molecule has 0 amide bonds. The molecule has 1 saturated carbocycles. The SMILES string of the molecule is COCC1CCN(C(C)CNC2CCCC2)CC1. The van der Waals surface area contributed by atoms with Crippen molar-refractivity contribution in [2.24, 2.45) is 5.92 Å². The van der Waals surface area contributed by atoms with Crippen LogP contribution in [0.25, 0.3) is 0 Å². The minimum absolute atomic E-state index is 0.689. The first-order chi connectivity index (χ1) is 8.79. The Morgan fingerprint density at radius 3 is 2.44 bits per heavy atom. The fourth-order valence-electron chi connectivity index (χ4n) is 3.39. The summed E-state index contributed by atoms with van der Waals surface area (Å²) in [6.07, 6.45) is 8.25.